The zero-order valence-corrected chi connectivity index (χ0v) is 13.4. The second-order valence-corrected chi connectivity index (χ2v) is 6.73. The van der Waals surface area contributed by atoms with Crippen LogP contribution in [-0.2, 0) is 0 Å². The molecule has 122 valence electrons. The van der Waals surface area contributed by atoms with Gasteiger partial charge in [0.05, 0.1) is 5.02 Å². The van der Waals surface area contributed by atoms with Crippen molar-refractivity contribution in [2.45, 2.75) is 37.8 Å². The van der Waals surface area contributed by atoms with Gasteiger partial charge in [-0.25, -0.2) is 4.98 Å². The molecule has 0 unspecified atom stereocenters. The molecule has 4 rings (SSSR count). The summed E-state index contributed by atoms with van der Waals surface area (Å²) in [5, 5.41) is 3.39. The number of carbonyl (C=O) groups excluding carboxylic acids is 1. The second kappa shape index (κ2) is 5.76. The van der Waals surface area contributed by atoms with Gasteiger partial charge in [-0.1, -0.05) is 11.6 Å². The summed E-state index contributed by atoms with van der Waals surface area (Å²) < 4.78 is 15.7. The van der Waals surface area contributed by atoms with Gasteiger partial charge in [-0.05, 0) is 50.9 Å². The Morgan fingerprint density at radius 3 is 2.91 bits per heavy atom. The van der Waals surface area contributed by atoms with Gasteiger partial charge in [-0.2, -0.15) is 4.39 Å². The molecular weight excluding hydrogens is 319 g/mol. The van der Waals surface area contributed by atoms with Crippen LogP contribution in [0.5, 0.6) is 0 Å². The van der Waals surface area contributed by atoms with Crippen LogP contribution in [-0.4, -0.2) is 45.4 Å². The van der Waals surface area contributed by atoms with Crippen molar-refractivity contribution in [2.24, 2.45) is 0 Å². The average molecular weight is 337 g/mol. The third-order valence-electron chi connectivity index (χ3n) is 4.89. The fourth-order valence-electron chi connectivity index (χ4n) is 3.83. The maximum absolute atomic E-state index is 14.5. The summed E-state index contributed by atoms with van der Waals surface area (Å²) in [7, 11) is 0. The highest BCUT2D eigenvalue weighted by Gasteiger charge is 2.36. The largest absolute Gasteiger partial charge is 0.346 e. The number of nitrogens with one attached hydrogen (secondary N) is 1. The molecule has 2 saturated heterocycles. The maximum atomic E-state index is 14.5. The number of hydrogen-bond donors (Lipinski definition) is 1. The lowest BCUT2D eigenvalue weighted by Crippen LogP contribution is -2.52. The van der Waals surface area contributed by atoms with Crippen molar-refractivity contribution in [3.05, 3.63) is 35.0 Å². The molecule has 1 amide bonds. The molecular formula is C16H18ClFN4O. The van der Waals surface area contributed by atoms with E-state index in [4.69, 9.17) is 11.6 Å². The monoisotopic (exact) mass is 336 g/mol. The molecule has 2 aliphatic heterocycles. The van der Waals surface area contributed by atoms with Gasteiger partial charge in [-0.3, -0.25) is 14.1 Å². The first-order valence-electron chi connectivity index (χ1n) is 8.01. The number of halogens is 2. The van der Waals surface area contributed by atoms with Crippen LogP contribution in [0.25, 0.3) is 5.65 Å². The van der Waals surface area contributed by atoms with E-state index in [0.717, 1.165) is 38.8 Å². The lowest BCUT2D eigenvalue weighted by atomic mass is 9.96. The fourth-order valence-corrected chi connectivity index (χ4v) is 3.99. The summed E-state index contributed by atoms with van der Waals surface area (Å²) in [6.07, 6.45) is 5.68. The maximum Gasteiger partial charge on any atom is 0.274 e. The number of nitrogens with zero attached hydrogens (tertiary/aromatic N) is 3. The number of hydrogen-bond acceptors (Lipinski definition) is 3. The van der Waals surface area contributed by atoms with Gasteiger partial charge in [0.25, 0.3) is 5.91 Å². The van der Waals surface area contributed by atoms with E-state index in [1.54, 1.807) is 12.1 Å². The van der Waals surface area contributed by atoms with Gasteiger partial charge >= 0.3 is 0 Å². The van der Waals surface area contributed by atoms with Gasteiger partial charge in [0.2, 0.25) is 5.95 Å². The third kappa shape index (κ3) is 2.60. The van der Waals surface area contributed by atoms with Gasteiger partial charge in [0.1, 0.15) is 5.65 Å². The fraction of sp³-hybridized carbons (Fsp3) is 0.500. The second-order valence-electron chi connectivity index (χ2n) is 6.29. The van der Waals surface area contributed by atoms with E-state index in [1.165, 1.54) is 10.6 Å². The standard InChI is InChI=1S/C16H18ClFN4O/c17-10-5-6-13-20-14(15(18)22(13)9-10)16(23)19-11-3-1-7-21-8-2-4-12(11)21/h5-6,9,11-12H,1-4,7-8H2,(H,19,23)/t11-,12-/m0/s1. The van der Waals surface area contributed by atoms with E-state index >= 15 is 0 Å². The van der Waals surface area contributed by atoms with Crippen molar-refractivity contribution in [3.63, 3.8) is 0 Å². The molecule has 0 aromatic carbocycles. The molecule has 0 bridgehead atoms. The SMILES string of the molecule is O=C(N[C@H]1CCCN2CCC[C@@H]12)c1nc2ccc(Cl)cn2c1F. The van der Waals surface area contributed by atoms with Crippen LogP contribution in [0.2, 0.25) is 5.02 Å². The Balaban J connectivity index is 1.58. The number of piperidine rings is 1. The quantitative estimate of drug-likeness (QED) is 0.916. The number of pyridine rings is 1. The van der Waals surface area contributed by atoms with Crippen LogP contribution in [0.15, 0.2) is 18.3 Å². The summed E-state index contributed by atoms with van der Waals surface area (Å²) in [6, 6.07) is 3.68. The van der Waals surface area contributed by atoms with E-state index in [1.807, 2.05) is 0 Å². The Kier molecular flexibility index (Phi) is 3.73. The molecule has 7 heteroatoms. The van der Waals surface area contributed by atoms with E-state index < -0.39 is 11.9 Å². The molecule has 0 spiro atoms. The zero-order chi connectivity index (χ0) is 16.0. The predicted molar refractivity (Wildman–Crippen MR) is 85.2 cm³/mol. The Bertz CT molecular complexity index is 762. The van der Waals surface area contributed by atoms with Crippen LogP contribution < -0.4 is 5.32 Å². The Morgan fingerprint density at radius 2 is 2.09 bits per heavy atom. The normalized spacial score (nSPS) is 24.8. The minimum absolute atomic E-state index is 0.0755. The Morgan fingerprint density at radius 1 is 1.30 bits per heavy atom. The topological polar surface area (TPSA) is 49.6 Å². The van der Waals surface area contributed by atoms with E-state index in [2.05, 4.69) is 15.2 Å². The first-order valence-corrected chi connectivity index (χ1v) is 8.39. The highest BCUT2D eigenvalue weighted by Crippen LogP contribution is 2.27. The van der Waals surface area contributed by atoms with Crippen molar-refractivity contribution in [1.29, 1.82) is 0 Å². The molecule has 23 heavy (non-hydrogen) atoms. The minimum Gasteiger partial charge on any atom is -0.346 e. The summed E-state index contributed by atoms with van der Waals surface area (Å²) >= 11 is 5.87. The molecule has 2 atom stereocenters. The van der Waals surface area contributed by atoms with E-state index in [9.17, 15) is 9.18 Å². The van der Waals surface area contributed by atoms with Crippen molar-refractivity contribution in [3.8, 4) is 0 Å². The van der Waals surface area contributed by atoms with Crippen LogP contribution in [0.3, 0.4) is 0 Å². The summed E-state index contributed by atoms with van der Waals surface area (Å²) in [5.74, 6) is -1.11. The number of aromatic nitrogens is 2. The smallest absolute Gasteiger partial charge is 0.274 e. The lowest BCUT2D eigenvalue weighted by molar-refractivity contribution is 0.0859. The number of fused-ring (bicyclic) bond motifs is 2. The molecule has 0 saturated carbocycles. The van der Waals surface area contributed by atoms with Crippen molar-refractivity contribution in [1.82, 2.24) is 19.6 Å². The molecule has 5 nitrogen and oxygen atoms in total. The third-order valence-corrected chi connectivity index (χ3v) is 5.12. The Labute approximate surface area is 138 Å². The highest BCUT2D eigenvalue weighted by molar-refractivity contribution is 6.30. The first kappa shape index (κ1) is 14.9. The van der Waals surface area contributed by atoms with Crippen LogP contribution in [0.4, 0.5) is 4.39 Å². The van der Waals surface area contributed by atoms with Crippen LogP contribution >= 0.6 is 11.6 Å². The van der Waals surface area contributed by atoms with Crippen molar-refractivity contribution < 1.29 is 9.18 Å². The van der Waals surface area contributed by atoms with Gasteiger partial charge in [0, 0.05) is 18.3 Å². The number of carbonyl (C=O) groups is 1. The van der Waals surface area contributed by atoms with Crippen molar-refractivity contribution in [2.75, 3.05) is 13.1 Å². The lowest BCUT2D eigenvalue weighted by Gasteiger charge is -2.36. The number of imidazole rings is 1. The van der Waals surface area contributed by atoms with Gasteiger partial charge < -0.3 is 5.32 Å². The molecule has 0 aliphatic carbocycles. The van der Waals surface area contributed by atoms with Crippen LogP contribution in [0, 0.1) is 5.95 Å². The Hall–Kier alpha value is -1.66. The zero-order valence-electron chi connectivity index (χ0n) is 12.6. The summed E-state index contributed by atoms with van der Waals surface area (Å²) in [4.78, 5) is 19.0. The summed E-state index contributed by atoms with van der Waals surface area (Å²) in [5.41, 5.74) is 0.213. The highest BCUT2D eigenvalue weighted by atomic mass is 35.5. The molecule has 2 fully saturated rings. The van der Waals surface area contributed by atoms with Gasteiger partial charge in [-0.15, -0.1) is 0 Å². The minimum atomic E-state index is -0.668. The van der Waals surface area contributed by atoms with Gasteiger partial charge in [0.15, 0.2) is 5.69 Å². The van der Waals surface area contributed by atoms with E-state index in [-0.39, 0.29) is 11.7 Å². The molecule has 0 radical (unpaired) electrons. The molecule has 4 heterocycles. The molecule has 2 aromatic heterocycles. The van der Waals surface area contributed by atoms with Crippen molar-refractivity contribution >= 4 is 23.2 Å². The summed E-state index contributed by atoms with van der Waals surface area (Å²) in [6.45, 7) is 2.19. The molecule has 2 aromatic rings. The average Bonchev–Trinajstić information content (AvgIpc) is 3.13. The molecule has 1 N–H and O–H groups in total. The van der Waals surface area contributed by atoms with Crippen LogP contribution in [0.1, 0.15) is 36.2 Å². The molecule has 2 aliphatic rings. The number of rotatable bonds is 2. The first-order chi connectivity index (χ1) is 11.1. The number of amides is 1. The van der Waals surface area contributed by atoms with E-state index in [0.29, 0.717) is 16.7 Å². The predicted octanol–water partition coefficient (Wildman–Crippen LogP) is 2.48.